The molecule has 0 bridgehead atoms. The standard InChI is InChI=1S/C25H19FO3S/c1-4-29-19-8-5-16(6-9-19)23-20-10-7-18(27)13-21(20)30-25(23)24(28)22-14(2)11-17(26)12-15(22)3/h4-13,27H,1H2,2-3H3. The fraction of sp³-hybridized carbons (Fsp3) is 0.0800. The first-order chi connectivity index (χ1) is 14.4. The van der Waals surface area contributed by atoms with Gasteiger partial charge in [0, 0.05) is 21.2 Å². The van der Waals surface area contributed by atoms with Crippen LogP contribution in [-0.4, -0.2) is 10.9 Å². The molecule has 0 atom stereocenters. The van der Waals surface area contributed by atoms with Gasteiger partial charge in [-0.25, -0.2) is 4.39 Å². The van der Waals surface area contributed by atoms with Crippen LogP contribution in [0.25, 0.3) is 21.2 Å². The number of aromatic hydroxyl groups is 1. The Kier molecular flexibility index (Phi) is 5.14. The van der Waals surface area contributed by atoms with E-state index in [-0.39, 0.29) is 17.3 Å². The number of carbonyl (C=O) groups is 1. The van der Waals surface area contributed by atoms with E-state index in [2.05, 4.69) is 6.58 Å². The van der Waals surface area contributed by atoms with E-state index in [1.54, 1.807) is 26.0 Å². The quantitative estimate of drug-likeness (QED) is 0.287. The summed E-state index contributed by atoms with van der Waals surface area (Å²) >= 11 is 1.32. The Balaban J connectivity index is 1.95. The number of rotatable bonds is 5. The number of halogens is 1. The molecular formula is C25H19FO3S. The van der Waals surface area contributed by atoms with Gasteiger partial charge in [-0.15, -0.1) is 11.3 Å². The van der Waals surface area contributed by atoms with Crippen LogP contribution in [0.1, 0.15) is 26.4 Å². The number of phenolic OH excluding ortho intramolecular Hbond substituents is 1. The first kappa shape index (κ1) is 19.9. The van der Waals surface area contributed by atoms with Crippen LogP contribution in [-0.2, 0) is 0 Å². The van der Waals surface area contributed by atoms with Crippen molar-refractivity contribution in [2.45, 2.75) is 13.8 Å². The average molecular weight is 418 g/mol. The molecule has 1 heterocycles. The van der Waals surface area contributed by atoms with E-state index in [9.17, 15) is 14.3 Å². The van der Waals surface area contributed by atoms with Crippen molar-refractivity contribution >= 4 is 27.2 Å². The molecule has 30 heavy (non-hydrogen) atoms. The van der Waals surface area contributed by atoms with Gasteiger partial charge in [0.15, 0.2) is 0 Å². The smallest absolute Gasteiger partial charge is 0.204 e. The Bertz CT molecular complexity index is 1260. The molecule has 1 N–H and O–H groups in total. The highest BCUT2D eigenvalue weighted by Gasteiger charge is 2.24. The molecule has 150 valence electrons. The summed E-state index contributed by atoms with van der Waals surface area (Å²) in [5, 5.41) is 10.8. The SMILES string of the molecule is C=COc1ccc(-c2c(C(=O)c3c(C)cc(F)cc3C)sc3cc(O)ccc23)cc1. The van der Waals surface area contributed by atoms with Crippen molar-refractivity contribution in [2.24, 2.45) is 0 Å². The highest BCUT2D eigenvalue weighted by molar-refractivity contribution is 7.21. The van der Waals surface area contributed by atoms with Gasteiger partial charge in [-0.2, -0.15) is 0 Å². The third-order valence-corrected chi connectivity index (χ3v) is 6.12. The minimum Gasteiger partial charge on any atom is -0.508 e. The normalized spacial score (nSPS) is 10.9. The van der Waals surface area contributed by atoms with Gasteiger partial charge in [-0.05, 0) is 73.0 Å². The van der Waals surface area contributed by atoms with Gasteiger partial charge in [0.1, 0.15) is 17.3 Å². The second-order valence-corrected chi connectivity index (χ2v) is 8.09. The Morgan fingerprint density at radius 3 is 2.37 bits per heavy atom. The largest absolute Gasteiger partial charge is 0.508 e. The van der Waals surface area contributed by atoms with Crippen molar-refractivity contribution in [2.75, 3.05) is 0 Å². The number of ether oxygens (including phenoxy) is 1. The number of aryl methyl sites for hydroxylation is 2. The molecule has 0 radical (unpaired) electrons. The predicted octanol–water partition coefficient (Wildman–Crippen LogP) is 6.78. The fourth-order valence-corrected chi connectivity index (χ4v) is 4.91. The highest BCUT2D eigenvalue weighted by atomic mass is 32.1. The average Bonchev–Trinajstić information content (AvgIpc) is 3.06. The van der Waals surface area contributed by atoms with Crippen molar-refractivity contribution in [3.63, 3.8) is 0 Å². The number of benzene rings is 3. The summed E-state index contributed by atoms with van der Waals surface area (Å²) in [5.41, 5.74) is 3.33. The zero-order valence-corrected chi connectivity index (χ0v) is 17.3. The predicted molar refractivity (Wildman–Crippen MR) is 119 cm³/mol. The van der Waals surface area contributed by atoms with Crippen LogP contribution in [0, 0.1) is 19.7 Å². The van der Waals surface area contributed by atoms with Gasteiger partial charge >= 0.3 is 0 Å². The summed E-state index contributed by atoms with van der Waals surface area (Å²) < 4.78 is 19.9. The van der Waals surface area contributed by atoms with Crippen LogP contribution >= 0.6 is 11.3 Å². The van der Waals surface area contributed by atoms with Gasteiger partial charge in [-0.3, -0.25) is 4.79 Å². The number of thiophene rings is 1. The number of ketones is 1. The molecule has 1 aromatic heterocycles. The molecule has 0 aliphatic heterocycles. The van der Waals surface area contributed by atoms with E-state index in [1.165, 1.54) is 29.7 Å². The summed E-state index contributed by atoms with van der Waals surface area (Å²) in [7, 11) is 0. The first-order valence-electron chi connectivity index (χ1n) is 9.34. The molecule has 0 amide bonds. The maximum atomic E-state index is 13.8. The zero-order valence-electron chi connectivity index (χ0n) is 16.5. The number of phenols is 1. The van der Waals surface area contributed by atoms with Crippen LogP contribution in [0.3, 0.4) is 0 Å². The molecular weight excluding hydrogens is 399 g/mol. The lowest BCUT2D eigenvalue weighted by Gasteiger charge is -2.11. The Morgan fingerprint density at radius 1 is 1.07 bits per heavy atom. The van der Waals surface area contributed by atoms with E-state index in [4.69, 9.17) is 4.74 Å². The molecule has 0 spiro atoms. The Labute approximate surface area is 177 Å². The third kappa shape index (κ3) is 3.48. The maximum absolute atomic E-state index is 13.8. The third-order valence-electron chi connectivity index (χ3n) is 4.97. The van der Waals surface area contributed by atoms with Crippen LogP contribution in [0.5, 0.6) is 11.5 Å². The number of hydrogen-bond donors (Lipinski definition) is 1. The van der Waals surface area contributed by atoms with Crippen LogP contribution in [0.4, 0.5) is 4.39 Å². The van der Waals surface area contributed by atoms with Gasteiger partial charge in [0.05, 0.1) is 11.1 Å². The molecule has 0 saturated carbocycles. The minimum absolute atomic E-state index is 0.137. The summed E-state index contributed by atoms with van der Waals surface area (Å²) in [6.07, 6.45) is 1.35. The highest BCUT2D eigenvalue weighted by Crippen LogP contribution is 2.42. The van der Waals surface area contributed by atoms with E-state index < -0.39 is 0 Å². The van der Waals surface area contributed by atoms with E-state index in [1.807, 2.05) is 30.3 Å². The van der Waals surface area contributed by atoms with Gasteiger partial charge < -0.3 is 9.84 Å². The van der Waals surface area contributed by atoms with Gasteiger partial charge in [-0.1, -0.05) is 18.7 Å². The number of fused-ring (bicyclic) bond motifs is 1. The summed E-state index contributed by atoms with van der Waals surface area (Å²) in [6, 6.07) is 15.2. The fourth-order valence-electron chi connectivity index (χ4n) is 3.71. The monoisotopic (exact) mass is 418 g/mol. The lowest BCUT2D eigenvalue weighted by atomic mass is 9.94. The molecule has 5 heteroatoms. The molecule has 0 saturated heterocycles. The molecule has 0 unspecified atom stereocenters. The summed E-state index contributed by atoms with van der Waals surface area (Å²) in [5.74, 6) is 0.259. The van der Waals surface area contributed by atoms with Crippen LogP contribution < -0.4 is 4.74 Å². The molecule has 0 aliphatic carbocycles. The molecule has 0 fully saturated rings. The lowest BCUT2D eigenvalue weighted by molar-refractivity contribution is 0.104. The maximum Gasteiger partial charge on any atom is 0.204 e. The van der Waals surface area contributed by atoms with Crippen LogP contribution in [0.15, 0.2) is 67.4 Å². The van der Waals surface area contributed by atoms with Crippen LogP contribution in [0.2, 0.25) is 0 Å². The second kappa shape index (κ2) is 7.76. The molecule has 3 aromatic carbocycles. The second-order valence-electron chi connectivity index (χ2n) is 7.04. The van der Waals surface area contributed by atoms with Crippen molar-refractivity contribution in [3.05, 3.63) is 94.8 Å². The number of hydrogen-bond acceptors (Lipinski definition) is 4. The first-order valence-corrected chi connectivity index (χ1v) is 10.2. The minimum atomic E-state index is -0.360. The Hall–Kier alpha value is -3.44. The summed E-state index contributed by atoms with van der Waals surface area (Å²) in [6.45, 7) is 7.03. The van der Waals surface area contributed by atoms with Crippen molar-refractivity contribution in [1.82, 2.24) is 0 Å². The molecule has 4 rings (SSSR count). The van der Waals surface area contributed by atoms with Crippen molar-refractivity contribution in [1.29, 1.82) is 0 Å². The van der Waals surface area contributed by atoms with Crippen molar-refractivity contribution in [3.8, 4) is 22.6 Å². The van der Waals surface area contributed by atoms with E-state index >= 15 is 0 Å². The molecule has 4 aromatic rings. The number of carbonyl (C=O) groups excluding carboxylic acids is 1. The zero-order chi connectivity index (χ0) is 21.4. The molecule has 0 aliphatic rings. The van der Waals surface area contributed by atoms with Crippen molar-refractivity contribution < 1.29 is 19.0 Å². The summed E-state index contributed by atoms with van der Waals surface area (Å²) in [4.78, 5) is 14.2. The van der Waals surface area contributed by atoms with E-state index in [0.717, 1.165) is 21.2 Å². The van der Waals surface area contributed by atoms with Gasteiger partial charge in [0.2, 0.25) is 5.78 Å². The molecule has 3 nitrogen and oxygen atoms in total. The lowest BCUT2D eigenvalue weighted by Crippen LogP contribution is -2.06. The Morgan fingerprint density at radius 2 is 1.73 bits per heavy atom. The van der Waals surface area contributed by atoms with Gasteiger partial charge in [0.25, 0.3) is 0 Å². The van der Waals surface area contributed by atoms with E-state index in [0.29, 0.717) is 27.3 Å². The topological polar surface area (TPSA) is 46.5 Å².